The highest BCUT2D eigenvalue weighted by molar-refractivity contribution is 5.87. The van der Waals surface area contributed by atoms with Crippen LogP contribution in [0.3, 0.4) is 0 Å². The van der Waals surface area contributed by atoms with Gasteiger partial charge >= 0.3 is 6.36 Å². The van der Waals surface area contributed by atoms with Crippen LogP contribution in [0.25, 0.3) is 0 Å². The summed E-state index contributed by atoms with van der Waals surface area (Å²) in [5.74, 6) is -0.226. The van der Waals surface area contributed by atoms with Crippen LogP contribution in [0, 0.1) is 13.8 Å². The van der Waals surface area contributed by atoms with Crippen LogP contribution in [0.15, 0.2) is 66.7 Å². The maximum absolute atomic E-state index is 12.7. The van der Waals surface area contributed by atoms with Gasteiger partial charge in [0.15, 0.2) is 0 Å². The Morgan fingerprint density at radius 2 is 1.39 bits per heavy atom. The van der Waals surface area contributed by atoms with Crippen LogP contribution in [-0.4, -0.2) is 13.0 Å². The lowest BCUT2D eigenvalue weighted by atomic mass is 10.1. The van der Waals surface area contributed by atoms with Crippen LogP contribution >= 0.6 is 0 Å². The maximum Gasteiger partial charge on any atom is 0.573 e. The fraction of sp³-hybridized carbons (Fsp3) is 0.182. The van der Waals surface area contributed by atoms with E-state index in [2.05, 4.69) is 15.7 Å². The molecule has 0 bridgehead atoms. The number of fused-ring (bicyclic) bond motifs is 1. The maximum atomic E-state index is 12.7. The first kappa shape index (κ1) is 18.2. The monoisotopic (exact) mass is 384 g/mol. The normalized spacial score (nSPS) is 13.6. The summed E-state index contributed by atoms with van der Waals surface area (Å²) < 4.78 is 42.3. The molecule has 28 heavy (non-hydrogen) atoms. The Morgan fingerprint density at radius 1 is 0.750 bits per heavy atom. The third kappa shape index (κ3) is 3.63. The Balaban J connectivity index is 1.82. The molecule has 0 saturated carbocycles. The van der Waals surface area contributed by atoms with Gasteiger partial charge in [-0.1, -0.05) is 24.3 Å². The number of aryl methyl sites for hydroxylation is 2. The summed E-state index contributed by atoms with van der Waals surface area (Å²) in [6.07, 6.45) is -4.73. The zero-order valence-corrected chi connectivity index (χ0v) is 15.5. The molecule has 1 heterocycles. The van der Waals surface area contributed by atoms with Crippen LogP contribution in [0.1, 0.15) is 11.1 Å². The first-order chi connectivity index (χ1) is 13.3. The number of hydrogen-bond donors (Lipinski definition) is 0. The van der Waals surface area contributed by atoms with Crippen LogP contribution < -0.4 is 14.5 Å². The Morgan fingerprint density at radius 3 is 2.04 bits per heavy atom. The van der Waals surface area contributed by atoms with Crippen molar-refractivity contribution in [3.05, 3.63) is 77.9 Å². The Bertz CT molecular complexity index is 982. The molecule has 0 fully saturated rings. The van der Waals surface area contributed by atoms with E-state index in [4.69, 9.17) is 0 Å². The minimum Gasteiger partial charge on any atom is -0.406 e. The number of hydrogen-bond acceptors (Lipinski definition) is 3. The number of ether oxygens (including phenoxy) is 1. The number of rotatable bonds is 3. The average Bonchev–Trinajstić information content (AvgIpc) is 2.99. The average molecular weight is 384 g/mol. The Kier molecular flexibility index (Phi) is 4.41. The van der Waals surface area contributed by atoms with E-state index in [1.807, 2.05) is 61.2 Å². The van der Waals surface area contributed by atoms with E-state index in [1.165, 1.54) is 12.1 Å². The summed E-state index contributed by atoms with van der Waals surface area (Å²) in [6, 6.07) is 20.4. The minimum absolute atomic E-state index is 0.226. The molecule has 0 aromatic heterocycles. The summed E-state index contributed by atoms with van der Waals surface area (Å²) >= 11 is 0. The van der Waals surface area contributed by atoms with E-state index >= 15 is 0 Å². The molecule has 3 nitrogen and oxygen atoms in total. The summed E-state index contributed by atoms with van der Waals surface area (Å²) in [7, 11) is 0. The van der Waals surface area contributed by atoms with Crippen molar-refractivity contribution < 1.29 is 17.9 Å². The third-order valence-corrected chi connectivity index (χ3v) is 4.63. The van der Waals surface area contributed by atoms with Gasteiger partial charge in [0.1, 0.15) is 12.4 Å². The first-order valence-corrected chi connectivity index (χ1v) is 8.88. The van der Waals surface area contributed by atoms with Crippen LogP contribution in [-0.2, 0) is 0 Å². The van der Waals surface area contributed by atoms with Crippen molar-refractivity contribution >= 4 is 22.7 Å². The first-order valence-electron chi connectivity index (χ1n) is 8.88. The highest BCUT2D eigenvalue weighted by Gasteiger charge is 2.33. The molecule has 0 radical (unpaired) electrons. The molecule has 0 N–H and O–H groups in total. The minimum atomic E-state index is -4.73. The van der Waals surface area contributed by atoms with Crippen molar-refractivity contribution in [2.45, 2.75) is 20.2 Å². The molecule has 144 valence electrons. The predicted molar refractivity (Wildman–Crippen MR) is 105 cm³/mol. The molecule has 1 aliphatic rings. The summed E-state index contributed by atoms with van der Waals surface area (Å²) in [5, 5.41) is 0. The molecule has 4 rings (SSSR count). The number of alkyl halides is 3. The molecular formula is C22H19F3N2O. The third-order valence-electron chi connectivity index (χ3n) is 4.63. The van der Waals surface area contributed by atoms with Gasteiger partial charge in [-0.25, -0.2) is 0 Å². The van der Waals surface area contributed by atoms with Crippen molar-refractivity contribution in [3.63, 3.8) is 0 Å². The quantitative estimate of drug-likeness (QED) is 0.516. The van der Waals surface area contributed by atoms with Gasteiger partial charge in [-0.2, -0.15) is 0 Å². The fourth-order valence-corrected chi connectivity index (χ4v) is 3.59. The standard InChI is InChI=1S/C22H19F3N2O/c1-15-10-16(2)12-18(11-15)27-14-26(17-6-4-3-5-7-17)20-9-8-19(13-21(20)27)28-22(23,24)25/h3-13H,14H2,1-2H3. The van der Waals surface area contributed by atoms with Crippen LogP contribution in [0.2, 0.25) is 0 Å². The number of anilines is 4. The molecule has 0 unspecified atom stereocenters. The van der Waals surface area contributed by atoms with E-state index < -0.39 is 6.36 Å². The highest BCUT2D eigenvalue weighted by Crippen LogP contribution is 2.46. The number of benzene rings is 3. The molecular weight excluding hydrogens is 365 g/mol. The van der Waals surface area contributed by atoms with Crippen molar-refractivity contribution in [3.8, 4) is 5.75 Å². The molecule has 0 aliphatic carbocycles. The lowest BCUT2D eigenvalue weighted by Gasteiger charge is -2.22. The summed E-state index contributed by atoms with van der Waals surface area (Å²) in [6.45, 7) is 4.51. The van der Waals surface area contributed by atoms with Gasteiger partial charge in [0.05, 0.1) is 11.4 Å². The summed E-state index contributed by atoms with van der Waals surface area (Å²) in [5.41, 5.74) is 5.60. The van der Waals surface area contributed by atoms with Gasteiger partial charge in [-0.3, -0.25) is 0 Å². The predicted octanol–water partition coefficient (Wildman–Crippen LogP) is 6.45. The second-order valence-corrected chi connectivity index (χ2v) is 6.88. The Labute approximate surface area is 161 Å². The van der Waals surface area contributed by atoms with E-state index in [-0.39, 0.29) is 5.75 Å². The molecule has 1 aliphatic heterocycles. The SMILES string of the molecule is Cc1cc(C)cc(N2CN(c3ccccc3)c3ccc(OC(F)(F)F)cc32)c1. The molecule has 6 heteroatoms. The van der Waals surface area contributed by atoms with Gasteiger partial charge in [-0.15, -0.1) is 13.2 Å². The molecule has 0 amide bonds. The van der Waals surface area contributed by atoms with Gasteiger partial charge < -0.3 is 14.5 Å². The van der Waals surface area contributed by atoms with Crippen LogP contribution in [0.5, 0.6) is 5.75 Å². The largest absolute Gasteiger partial charge is 0.573 e. The second-order valence-electron chi connectivity index (χ2n) is 6.88. The van der Waals surface area contributed by atoms with Gasteiger partial charge in [0, 0.05) is 17.4 Å². The number of nitrogens with zero attached hydrogens (tertiary/aromatic N) is 2. The smallest absolute Gasteiger partial charge is 0.406 e. The number of para-hydroxylation sites is 1. The second kappa shape index (κ2) is 6.78. The number of halogens is 3. The highest BCUT2D eigenvalue weighted by atomic mass is 19.4. The fourth-order valence-electron chi connectivity index (χ4n) is 3.59. The van der Waals surface area contributed by atoms with Crippen molar-refractivity contribution in [2.24, 2.45) is 0 Å². The van der Waals surface area contributed by atoms with Crippen molar-refractivity contribution in [2.75, 3.05) is 16.5 Å². The molecule has 0 saturated heterocycles. The van der Waals surface area contributed by atoms with Gasteiger partial charge in [0.25, 0.3) is 0 Å². The van der Waals surface area contributed by atoms with E-state index in [1.54, 1.807) is 6.07 Å². The van der Waals surface area contributed by atoms with E-state index in [0.717, 1.165) is 28.2 Å². The van der Waals surface area contributed by atoms with Gasteiger partial charge in [-0.05, 0) is 61.4 Å². The lowest BCUT2D eigenvalue weighted by Crippen LogP contribution is -2.24. The van der Waals surface area contributed by atoms with E-state index in [9.17, 15) is 13.2 Å². The Hall–Kier alpha value is -3.15. The zero-order chi connectivity index (χ0) is 19.9. The summed E-state index contributed by atoms with van der Waals surface area (Å²) in [4.78, 5) is 4.08. The lowest BCUT2D eigenvalue weighted by molar-refractivity contribution is -0.274. The van der Waals surface area contributed by atoms with Crippen LogP contribution in [0.4, 0.5) is 35.9 Å². The van der Waals surface area contributed by atoms with Crippen molar-refractivity contribution in [1.82, 2.24) is 0 Å². The van der Waals surface area contributed by atoms with Crippen molar-refractivity contribution in [1.29, 1.82) is 0 Å². The zero-order valence-electron chi connectivity index (χ0n) is 15.5. The molecule has 3 aromatic rings. The molecule has 0 spiro atoms. The topological polar surface area (TPSA) is 15.7 Å². The van der Waals surface area contributed by atoms with Gasteiger partial charge in [0.2, 0.25) is 0 Å². The molecule has 0 atom stereocenters. The van der Waals surface area contributed by atoms with E-state index in [0.29, 0.717) is 12.4 Å². The molecule has 3 aromatic carbocycles.